The van der Waals surface area contributed by atoms with Crippen LogP contribution in [0.15, 0.2) is 12.5 Å². The Bertz CT molecular complexity index is 230. The zero-order chi connectivity index (χ0) is 8.27. The summed E-state index contributed by atoms with van der Waals surface area (Å²) in [5.74, 6) is 0.0325. The first kappa shape index (κ1) is 7.74. The normalized spacial score (nSPS) is 12.5. The van der Waals surface area contributed by atoms with Gasteiger partial charge in [-0.1, -0.05) is 0 Å². The molecule has 0 aliphatic carbocycles. The lowest BCUT2D eigenvalue weighted by atomic mass is 10.4. The minimum atomic E-state index is -1.00. The molecule has 1 heterocycles. The van der Waals surface area contributed by atoms with Gasteiger partial charge in [-0.25, -0.2) is 4.98 Å². The van der Waals surface area contributed by atoms with Crippen LogP contribution in [-0.2, 0) is 4.79 Å². The minimum absolute atomic E-state index is 0.450. The number of imidazole rings is 1. The van der Waals surface area contributed by atoms with Crippen molar-refractivity contribution in [2.24, 2.45) is 0 Å². The van der Waals surface area contributed by atoms with Gasteiger partial charge in [-0.05, 0) is 6.92 Å². The van der Waals surface area contributed by atoms with Crippen LogP contribution >= 0.6 is 0 Å². The lowest BCUT2D eigenvalue weighted by molar-refractivity contribution is -0.123. The topological polar surface area (TPSA) is 78.0 Å². The molecule has 1 aromatic rings. The van der Waals surface area contributed by atoms with Crippen LogP contribution in [0.5, 0.6) is 0 Å². The van der Waals surface area contributed by atoms with Crippen LogP contribution in [0.4, 0.5) is 5.82 Å². The first-order chi connectivity index (χ1) is 5.20. The molecule has 1 amide bonds. The van der Waals surface area contributed by atoms with Crippen molar-refractivity contribution in [2.45, 2.75) is 13.0 Å². The molecule has 5 nitrogen and oxygen atoms in total. The van der Waals surface area contributed by atoms with Crippen LogP contribution in [0.1, 0.15) is 6.92 Å². The molecule has 0 fully saturated rings. The number of aromatic amines is 1. The molecular weight excluding hydrogens is 146 g/mol. The Labute approximate surface area is 63.5 Å². The maximum atomic E-state index is 10.8. The zero-order valence-electron chi connectivity index (χ0n) is 6.03. The van der Waals surface area contributed by atoms with E-state index in [-0.39, 0.29) is 0 Å². The van der Waals surface area contributed by atoms with Crippen molar-refractivity contribution in [3.05, 3.63) is 12.5 Å². The average Bonchev–Trinajstić information content (AvgIpc) is 2.39. The van der Waals surface area contributed by atoms with Gasteiger partial charge in [0, 0.05) is 0 Å². The lowest BCUT2D eigenvalue weighted by Crippen LogP contribution is -2.24. The van der Waals surface area contributed by atoms with E-state index in [2.05, 4.69) is 15.3 Å². The van der Waals surface area contributed by atoms with E-state index in [1.54, 1.807) is 0 Å². The van der Waals surface area contributed by atoms with Gasteiger partial charge in [0.15, 0.2) is 0 Å². The van der Waals surface area contributed by atoms with Crippen LogP contribution in [-0.4, -0.2) is 27.1 Å². The van der Waals surface area contributed by atoms with Crippen LogP contribution in [0.3, 0.4) is 0 Å². The summed E-state index contributed by atoms with van der Waals surface area (Å²) >= 11 is 0. The summed E-state index contributed by atoms with van der Waals surface area (Å²) in [7, 11) is 0. The molecule has 0 radical (unpaired) electrons. The number of rotatable bonds is 2. The zero-order valence-corrected chi connectivity index (χ0v) is 6.03. The standard InChI is InChI=1S/C6H9N3O2/c1-4(10)6(11)9-5-2-7-3-8-5/h2-4,10H,1H3,(H,7,8)(H,9,11). The second-order valence-corrected chi connectivity index (χ2v) is 2.13. The highest BCUT2D eigenvalue weighted by molar-refractivity contribution is 5.92. The number of hydrogen-bond acceptors (Lipinski definition) is 3. The molecule has 5 heteroatoms. The van der Waals surface area contributed by atoms with Crippen LogP contribution in [0.2, 0.25) is 0 Å². The number of nitrogens with one attached hydrogen (secondary N) is 2. The molecule has 0 aliphatic rings. The molecule has 0 saturated carbocycles. The van der Waals surface area contributed by atoms with Gasteiger partial charge in [-0.2, -0.15) is 0 Å². The molecule has 1 rings (SSSR count). The predicted molar refractivity (Wildman–Crippen MR) is 38.9 cm³/mol. The fourth-order valence-electron chi connectivity index (χ4n) is 0.561. The molecule has 0 saturated heterocycles. The maximum absolute atomic E-state index is 10.8. The third-order valence-corrected chi connectivity index (χ3v) is 1.14. The molecule has 0 bridgehead atoms. The number of hydrogen-bond donors (Lipinski definition) is 3. The van der Waals surface area contributed by atoms with Crippen LogP contribution < -0.4 is 5.32 Å². The fourth-order valence-corrected chi connectivity index (χ4v) is 0.561. The van der Waals surface area contributed by atoms with E-state index < -0.39 is 12.0 Å². The van der Waals surface area contributed by atoms with E-state index >= 15 is 0 Å². The largest absolute Gasteiger partial charge is 0.384 e. The molecule has 0 aromatic carbocycles. The first-order valence-electron chi connectivity index (χ1n) is 3.17. The minimum Gasteiger partial charge on any atom is -0.384 e. The highest BCUT2D eigenvalue weighted by atomic mass is 16.3. The van der Waals surface area contributed by atoms with Gasteiger partial charge in [0.05, 0.1) is 12.5 Å². The van der Waals surface area contributed by atoms with Gasteiger partial charge in [0.25, 0.3) is 5.91 Å². The Kier molecular flexibility index (Phi) is 2.22. The summed E-state index contributed by atoms with van der Waals surface area (Å²) in [6.45, 7) is 1.39. The smallest absolute Gasteiger partial charge is 0.254 e. The highest BCUT2D eigenvalue weighted by Crippen LogP contribution is 1.98. The number of aliphatic hydroxyl groups excluding tert-OH is 1. The number of nitrogens with zero attached hydrogens (tertiary/aromatic N) is 1. The fraction of sp³-hybridized carbons (Fsp3) is 0.333. The van der Waals surface area contributed by atoms with Gasteiger partial charge in [-0.3, -0.25) is 4.79 Å². The average molecular weight is 155 g/mol. The summed E-state index contributed by atoms with van der Waals surface area (Å²) in [6.07, 6.45) is 1.90. The number of anilines is 1. The number of aromatic nitrogens is 2. The lowest BCUT2D eigenvalue weighted by Gasteiger charge is -2.02. The maximum Gasteiger partial charge on any atom is 0.254 e. The quantitative estimate of drug-likeness (QED) is 0.550. The molecular formula is C6H9N3O2. The summed E-state index contributed by atoms with van der Waals surface area (Å²) < 4.78 is 0. The first-order valence-corrected chi connectivity index (χ1v) is 3.17. The van der Waals surface area contributed by atoms with Crippen LogP contribution in [0, 0.1) is 0 Å². The van der Waals surface area contributed by atoms with Gasteiger partial charge in [0.2, 0.25) is 0 Å². The molecule has 1 aromatic heterocycles. The number of aliphatic hydroxyl groups is 1. The van der Waals surface area contributed by atoms with Gasteiger partial charge in [-0.15, -0.1) is 0 Å². The van der Waals surface area contributed by atoms with Gasteiger partial charge in [0.1, 0.15) is 11.9 Å². The second-order valence-electron chi connectivity index (χ2n) is 2.13. The molecule has 1 atom stereocenters. The van der Waals surface area contributed by atoms with Crippen molar-refractivity contribution in [2.75, 3.05) is 5.32 Å². The molecule has 11 heavy (non-hydrogen) atoms. The number of H-pyrrole nitrogens is 1. The third-order valence-electron chi connectivity index (χ3n) is 1.14. The highest BCUT2D eigenvalue weighted by Gasteiger charge is 2.08. The summed E-state index contributed by atoms with van der Waals surface area (Å²) in [4.78, 5) is 17.2. The summed E-state index contributed by atoms with van der Waals surface area (Å²) in [6, 6.07) is 0. The molecule has 60 valence electrons. The van der Waals surface area contributed by atoms with Crippen LogP contribution in [0.25, 0.3) is 0 Å². The SMILES string of the molecule is CC(O)C(=O)Nc1cnc[nH]1. The Morgan fingerprint density at radius 1 is 1.91 bits per heavy atom. The van der Waals surface area contributed by atoms with Crippen molar-refractivity contribution in [1.82, 2.24) is 9.97 Å². The van der Waals surface area contributed by atoms with Crippen molar-refractivity contribution < 1.29 is 9.90 Å². The van der Waals surface area contributed by atoms with E-state index in [9.17, 15) is 4.79 Å². The Morgan fingerprint density at radius 3 is 3.09 bits per heavy atom. The monoisotopic (exact) mass is 155 g/mol. The summed E-state index contributed by atoms with van der Waals surface area (Å²) in [5.41, 5.74) is 0. The third kappa shape index (κ3) is 2.05. The molecule has 1 unspecified atom stereocenters. The molecule has 0 spiro atoms. The number of carbonyl (C=O) groups excluding carboxylic acids is 1. The summed E-state index contributed by atoms with van der Waals surface area (Å²) in [5, 5.41) is 11.2. The second kappa shape index (κ2) is 3.16. The van der Waals surface area contributed by atoms with E-state index in [0.29, 0.717) is 5.82 Å². The Balaban J connectivity index is 2.50. The van der Waals surface area contributed by atoms with E-state index in [1.165, 1.54) is 19.4 Å². The van der Waals surface area contributed by atoms with Crippen molar-refractivity contribution in [3.63, 3.8) is 0 Å². The van der Waals surface area contributed by atoms with E-state index in [1.807, 2.05) is 0 Å². The van der Waals surface area contributed by atoms with Gasteiger partial charge >= 0.3 is 0 Å². The van der Waals surface area contributed by atoms with E-state index in [4.69, 9.17) is 5.11 Å². The number of amides is 1. The van der Waals surface area contributed by atoms with Crippen molar-refractivity contribution in [1.29, 1.82) is 0 Å². The molecule has 0 aliphatic heterocycles. The van der Waals surface area contributed by atoms with Crippen molar-refractivity contribution in [3.8, 4) is 0 Å². The van der Waals surface area contributed by atoms with E-state index in [0.717, 1.165) is 0 Å². The Morgan fingerprint density at radius 2 is 2.64 bits per heavy atom. The van der Waals surface area contributed by atoms with Gasteiger partial charge < -0.3 is 15.4 Å². The van der Waals surface area contributed by atoms with Crippen molar-refractivity contribution >= 4 is 11.7 Å². The predicted octanol–water partition coefficient (Wildman–Crippen LogP) is -0.271. The Hall–Kier alpha value is -1.36. The number of carbonyl (C=O) groups is 1. The molecule has 3 N–H and O–H groups in total.